The molecule has 172 valence electrons. The fourth-order valence-corrected chi connectivity index (χ4v) is 4.76. The van der Waals surface area contributed by atoms with Crippen LogP contribution in [0.1, 0.15) is 21.5 Å². The molecule has 0 saturated carbocycles. The lowest BCUT2D eigenvalue weighted by atomic mass is 9.89. The van der Waals surface area contributed by atoms with Gasteiger partial charge in [-0.1, -0.05) is 12.1 Å². The number of carbonyl (C=O) groups is 3. The molecule has 0 radical (unpaired) electrons. The first-order chi connectivity index (χ1) is 15.9. The zero-order valence-corrected chi connectivity index (χ0v) is 18.6. The molecule has 5 rings (SSSR count). The molecule has 0 bridgehead atoms. The number of urea groups is 1. The number of piperazine rings is 1. The molecular weight excluding hydrogens is 424 g/mol. The third-order valence-corrected chi connectivity index (χ3v) is 6.61. The molecule has 3 aliphatic heterocycles. The van der Waals surface area contributed by atoms with Crippen LogP contribution < -0.4 is 20.3 Å². The third-order valence-electron chi connectivity index (χ3n) is 6.61. The molecule has 1 unspecified atom stereocenters. The molecule has 2 saturated heterocycles. The maximum atomic E-state index is 13.3. The highest BCUT2D eigenvalue weighted by Crippen LogP contribution is 2.36. The molecule has 10 nitrogen and oxygen atoms in total. The minimum Gasteiger partial charge on any atom is -0.497 e. The Morgan fingerprint density at radius 3 is 2.61 bits per heavy atom. The van der Waals surface area contributed by atoms with Gasteiger partial charge < -0.3 is 24.8 Å². The van der Waals surface area contributed by atoms with Crippen LogP contribution in [0.25, 0.3) is 0 Å². The summed E-state index contributed by atoms with van der Waals surface area (Å²) in [5.41, 5.74) is 0.538. The number of rotatable bonds is 5. The normalized spacial score (nSPS) is 22.9. The van der Waals surface area contributed by atoms with E-state index in [2.05, 4.69) is 32.5 Å². The summed E-state index contributed by atoms with van der Waals surface area (Å²) in [6.45, 7) is 3.56. The largest absolute Gasteiger partial charge is 0.497 e. The van der Waals surface area contributed by atoms with Crippen molar-refractivity contribution in [3.05, 3.63) is 53.2 Å². The van der Waals surface area contributed by atoms with Crippen molar-refractivity contribution < 1.29 is 19.1 Å². The summed E-state index contributed by atoms with van der Waals surface area (Å²) in [4.78, 5) is 49.3. The summed E-state index contributed by atoms with van der Waals surface area (Å²) in [6.07, 6.45) is 1.68. The zero-order chi connectivity index (χ0) is 23.2. The fourth-order valence-electron chi connectivity index (χ4n) is 4.76. The molecule has 4 amide bonds. The van der Waals surface area contributed by atoms with Crippen LogP contribution in [-0.4, -0.2) is 79.5 Å². The van der Waals surface area contributed by atoms with Crippen molar-refractivity contribution in [1.29, 1.82) is 0 Å². The summed E-state index contributed by atoms with van der Waals surface area (Å²) >= 11 is 0. The molecule has 33 heavy (non-hydrogen) atoms. The number of carbonyl (C=O) groups excluding carboxylic acids is 3. The Morgan fingerprint density at radius 1 is 1.12 bits per heavy atom. The van der Waals surface area contributed by atoms with Gasteiger partial charge in [-0.15, -0.1) is 0 Å². The SMILES string of the molecule is COc1ccc2c(c1)C(=O)N(CC1(c3cccnc3N3CCN(C)CC3)NC(=O)NC1=O)C2. The Hall–Kier alpha value is -3.66. The van der Waals surface area contributed by atoms with Crippen molar-refractivity contribution in [2.24, 2.45) is 0 Å². The van der Waals surface area contributed by atoms with Crippen molar-refractivity contribution in [3.63, 3.8) is 0 Å². The average Bonchev–Trinajstić information content (AvgIpc) is 3.29. The molecule has 2 fully saturated rings. The predicted octanol–water partition coefficient (Wildman–Crippen LogP) is 0.533. The smallest absolute Gasteiger partial charge is 0.322 e. The number of benzene rings is 1. The number of pyridine rings is 1. The van der Waals surface area contributed by atoms with E-state index in [1.54, 1.807) is 30.3 Å². The first kappa shape index (κ1) is 21.2. The Balaban J connectivity index is 1.52. The number of methoxy groups -OCH3 is 1. The highest BCUT2D eigenvalue weighted by atomic mass is 16.5. The lowest BCUT2D eigenvalue weighted by molar-refractivity contribution is -0.124. The van der Waals surface area contributed by atoms with Gasteiger partial charge in [-0.25, -0.2) is 9.78 Å². The van der Waals surface area contributed by atoms with Gasteiger partial charge in [-0.3, -0.25) is 14.9 Å². The van der Waals surface area contributed by atoms with E-state index in [4.69, 9.17) is 4.74 Å². The standard InChI is InChI=1S/C23H26N6O4/c1-27-8-10-28(11-9-27)19-18(4-3-7-24-19)23(21(31)25-22(32)26-23)14-29-13-15-5-6-16(33-2)12-17(15)20(29)30/h3-7,12H,8-11,13-14H2,1-2H3,(H2,25,26,31,32). The van der Waals surface area contributed by atoms with Crippen LogP contribution in [0, 0.1) is 0 Å². The van der Waals surface area contributed by atoms with Crippen LogP contribution >= 0.6 is 0 Å². The van der Waals surface area contributed by atoms with Crippen LogP contribution in [0.15, 0.2) is 36.5 Å². The lowest BCUT2D eigenvalue weighted by Gasteiger charge is -2.38. The number of aromatic nitrogens is 1. The summed E-state index contributed by atoms with van der Waals surface area (Å²) in [6, 6.07) is 8.34. The molecule has 4 heterocycles. The second kappa shape index (κ2) is 8.04. The average molecular weight is 450 g/mol. The molecule has 0 aliphatic carbocycles. The van der Waals surface area contributed by atoms with Gasteiger partial charge >= 0.3 is 6.03 Å². The van der Waals surface area contributed by atoms with Gasteiger partial charge in [0.05, 0.1) is 13.7 Å². The molecule has 10 heteroatoms. The Morgan fingerprint density at radius 2 is 1.91 bits per heavy atom. The van der Waals surface area contributed by atoms with E-state index < -0.39 is 17.5 Å². The maximum absolute atomic E-state index is 13.3. The van der Waals surface area contributed by atoms with Crippen LogP contribution in [0.3, 0.4) is 0 Å². The second-order valence-corrected chi connectivity index (χ2v) is 8.66. The highest BCUT2D eigenvalue weighted by molar-refractivity contribution is 6.09. The maximum Gasteiger partial charge on any atom is 0.322 e. The van der Waals surface area contributed by atoms with E-state index >= 15 is 0 Å². The van der Waals surface area contributed by atoms with Crippen molar-refractivity contribution in [2.75, 3.05) is 51.8 Å². The molecule has 1 aromatic carbocycles. The number of amides is 4. The fraction of sp³-hybridized carbons (Fsp3) is 0.391. The van der Waals surface area contributed by atoms with Gasteiger partial charge in [0.15, 0.2) is 5.54 Å². The number of imide groups is 1. The topological polar surface area (TPSA) is 107 Å². The van der Waals surface area contributed by atoms with E-state index in [0.29, 0.717) is 29.2 Å². The number of nitrogens with zero attached hydrogens (tertiary/aromatic N) is 4. The van der Waals surface area contributed by atoms with E-state index in [0.717, 1.165) is 31.7 Å². The minimum atomic E-state index is -1.44. The van der Waals surface area contributed by atoms with Crippen molar-refractivity contribution in [1.82, 2.24) is 25.4 Å². The third kappa shape index (κ3) is 3.56. The summed E-state index contributed by atoms with van der Waals surface area (Å²) < 4.78 is 5.26. The van der Waals surface area contributed by atoms with Gasteiger partial charge in [0.1, 0.15) is 11.6 Å². The number of hydrogen-bond donors (Lipinski definition) is 2. The lowest BCUT2D eigenvalue weighted by Crippen LogP contribution is -2.54. The molecule has 1 atom stereocenters. The minimum absolute atomic E-state index is 0.00710. The zero-order valence-electron chi connectivity index (χ0n) is 18.6. The van der Waals surface area contributed by atoms with Crippen LogP contribution in [-0.2, 0) is 16.9 Å². The summed E-state index contributed by atoms with van der Waals surface area (Å²) in [5.74, 6) is 0.545. The number of fused-ring (bicyclic) bond motifs is 1. The van der Waals surface area contributed by atoms with E-state index in [1.165, 1.54) is 0 Å². The van der Waals surface area contributed by atoms with Gasteiger partial charge in [0.2, 0.25) is 0 Å². The summed E-state index contributed by atoms with van der Waals surface area (Å²) in [5, 5.41) is 5.19. The number of likely N-dealkylation sites (N-methyl/N-ethyl adjacent to an activating group) is 1. The molecule has 2 N–H and O–H groups in total. The molecular formula is C23H26N6O4. The van der Waals surface area contributed by atoms with Crippen molar-refractivity contribution in [3.8, 4) is 5.75 Å². The van der Waals surface area contributed by atoms with Gasteiger partial charge in [0.25, 0.3) is 11.8 Å². The first-order valence-electron chi connectivity index (χ1n) is 10.9. The Bertz CT molecular complexity index is 1130. The van der Waals surface area contributed by atoms with E-state index in [1.807, 2.05) is 18.2 Å². The molecule has 3 aliphatic rings. The van der Waals surface area contributed by atoms with Crippen LogP contribution in [0.2, 0.25) is 0 Å². The van der Waals surface area contributed by atoms with Crippen LogP contribution in [0.4, 0.5) is 10.6 Å². The number of anilines is 1. The first-order valence-corrected chi connectivity index (χ1v) is 10.9. The summed E-state index contributed by atoms with van der Waals surface area (Å²) in [7, 11) is 3.61. The van der Waals surface area contributed by atoms with Crippen LogP contribution in [0.5, 0.6) is 5.75 Å². The molecule has 2 aromatic rings. The Kier molecular flexibility index (Phi) is 5.16. The molecule has 0 spiro atoms. The quantitative estimate of drug-likeness (QED) is 0.640. The monoisotopic (exact) mass is 450 g/mol. The highest BCUT2D eigenvalue weighted by Gasteiger charge is 2.52. The molecule has 1 aromatic heterocycles. The number of hydrogen-bond acceptors (Lipinski definition) is 7. The number of nitrogens with one attached hydrogen (secondary N) is 2. The van der Waals surface area contributed by atoms with Gasteiger partial charge in [-0.2, -0.15) is 0 Å². The van der Waals surface area contributed by atoms with E-state index in [-0.39, 0.29) is 12.5 Å². The van der Waals surface area contributed by atoms with Gasteiger partial charge in [0, 0.05) is 50.0 Å². The Labute approximate surface area is 191 Å². The van der Waals surface area contributed by atoms with Crippen molar-refractivity contribution >= 4 is 23.7 Å². The second-order valence-electron chi connectivity index (χ2n) is 8.66. The van der Waals surface area contributed by atoms with Gasteiger partial charge in [-0.05, 0) is 30.8 Å². The number of ether oxygens (including phenoxy) is 1. The predicted molar refractivity (Wildman–Crippen MR) is 120 cm³/mol. The van der Waals surface area contributed by atoms with E-state index in [9.17, 15) is 14.4 Å². The van der Waals surface area contributed by atoms with Crippen molar-refractivity contribution in [2.45, 2.75) is 12.1 Å².